The third-order valence-electron chi connectivity index (χ3n) is 2.14. The SMILES string of the molecule is CN(SONc1cc(C#N)ncn1)C1CC1. The first-order valence-electron chi connectivity index (χ1n) is 4.84. The maximum absolute atomic E-state index is 8.63. The van der Waals surface area contributed by atoms with Gasteiger partial charge in [-0.25, -0.2) is 19.8 Å². The zero-order valence-electron chi connectivity index (χ0n) is 8.75. The summed E-state index contributed by atoms with van der Waals surface area (Å²) in [6, 6.07) is 4.07. The number of rotatable bonds is 5. The Kier molecular flexibility index (Phi) is 3.56. The fraction of sp³-hybridized carbons (Fsp3) is 0.444. The Labute approximate surface area is 97.9 Å². The van der Waals surface area contributed by atoms with E-state index in [1.165, 1.54) is 37.5 Å². The van der Waals surface area contributed by atoms with Gasteiger partial charge in [-0.2, -0.15) is 9.55 Å². The molecule has 0 aliphatic heterocycles. The smallest absolute Gasteiger partial charge is 0.155 e. The highest BCUT2D eigenvalue weighted by atomic mass is 32.2. The molecule has 1 aromatic rings. The van der Waals surface area contributed by atoms with Crippen molar-refractivity contribution in [2.45, 2.75) is 18.9 Å². The van der Waals surface area contributed by atoms with Crippen LogP contribution >= 0.6 is 12.2 Å². The van der Waals surface area contributed by atoms with Crippen molar-refractivity contribution >= 4 is 18.0 Å². The highest BCUT2D eigenvalue weighted by Crippen LogP contribution is 2.30. The van der Waals surface area contributed by atoms with Gasteiger partial charge in [-0.3, -0.25) is 0 Å². The van der Waals surface area contributed by atoms with Gasteiger partial charge in [0.15, 0.2) is 5.82 Å². The van der Waals surface area contributed by atoms with Gasteiger partial charge in [-0.15, -0.1) is 0 Å². The van der Waals surface area contributed by atoms with Crippen LogP contribution in [0.1, 0.15) is 18.5 Å². The molecule has 16 heavy (non-hydrogen) atoms. The van der Waals surface area contributed by atoms with Crippen molar-refractivity contribution in [1.29, 1.82) is 5.26 Å². The zero-order chi connectivity index (χ0) is 11.4. The Morgan fingerprint density at radius 2 is 2.44 bits per heavy atom. The molecule has 1 aliphatic rings. The maximum Gasteiger partial charge on any atom is 0.155 e. The highest BCUT2D eigenvalue weighted by molar-refractivity contribution is 7.92. The van der Waals surface area contributed by atoms with E-state index in [1.54, 1.807) is 0 Å². The summed E-state index contributed by atoms with van der Waals surface area (Å²) in [5.74, 6) is 0.475. The Bertz CT molecular complexity index is 403. The Morgan fingerprint density at radius 1 is 1.62 bits per heavy atom. The summed E-state index contributed by atoms with van der Waals surface area (Å²) in [5.41, 5.74) is 2.96. The van der Waals surface area contributed by atoms with Gasteiger partial charge < -0.3 is 0 Å². The Hall–Kier alpha value is -1.36. The molecule has 0 aromatic carbocycles. The first-order valence-corrected chi connectivity index (χ1v) is 5.54. The van der Waals surface area contributed by atoms with Crippen molar-refractivity contribution in [2.75, 3.05) is 12.5 Å². The van der Waals surface area contributed by atoms with Gasteiger partial charge in [0, 0.05) is 12.1 Å². The van der Waals surface area contributed by atoms with Gasteiger partial charge in [0.05, 0.1) is 0 Å². The van der Waals surface area contributed by atoms with Crippen molar-refractivity contribution < 1.29 is 4.28 Å². The molecule has 0 saturated heterocycles. The first-order chi connectivity index (χ1) is 7.79. The molecule has 1 N–H and O–H groups in total. The minimum absolute atomic E-state index is 0.307. The molecule has 0 atom stereocenters. The monoisotopic (exact) mass is 237 g/mol. The summed E-state index contributed by atoms with van der Waals surface area (Å²) in [6.07, 6.45) is 3.76. The molecule has 1 aromatic heterocycles. The maximum atomic E-state index is 8.63. The third kappa shape index (κ3) is 3.06. The van der Waals surface area contributed by atoms with Gasteiger partial charge in [0.25, 0.3) is 0 Å². The van der Waals surface area contributed by atoms with Crippen LogP contribution in [-0.4, -0.2) is 27.4 Å². The largest absolute Gasteiger partial charge is 0.234 e. The van der Waals surface area contributed by atoms with Gasteiger partial charge in [0.1, 0.15) is 30.3 Å². The summed E-state index contributed by atoms with van der Waals surface area (Å²) in [5, 5.41) is 8.63. The van der Waals surface area contributed by atoms with Gasteiger partial charge >= 0.3 is 0 Å². The minimum atomic E-state index is 0.307. The second-order valence-electron chi connectivity index (χ2n) is 3.44. The molecule has 0 spiro atoms. The normalized spacial score (nSPS) is 14.8. The van der Waals surface area contributed by atoms with E-state index in [4.69, 9.17) is 9.55 Å². The molecule has 0 bridgehead atoms. The molecule has 1 aliphatic carbocycles. The summed E-state index contributed by atoms with van der Waals surface area (Å²) >= 11 is 1.23. The third-order valence-corrected chi connectivity index (χ3v) is 2.83. The highest BCUT2D eigenvalue weighted by Gasteiger charge is 2.27. The van der Waals surface area contributed by atoms with E-state index in [-0.39, 0.29) is 0 Å². The number of nitriles is 1. The average Bonchev–Trinajstić information content (AvgIpc) is 3.13. The van der Waals surface area contributed by atoms with Crippen LogP contribution in [0.2, 0.25) is 0 Å². The van der Waals surface area contributed by atoms with Crippen molar-refractivity contribution in [2.24, 2.45) is 0 Å². The van der Waals surface area contributed by atoms with Crippen LogP contribution in [0.5, 0.6) is 0 Å². The number of hydrogen-bond donors (Lipinski definition) is 1. The van der Waals surface area contributed by atoms with Gasteiger partial charge in [-0.1, -0.05) is 0 Å². The summed E-state index contributed by atoms with van der Waals surface area (Å²) in [6.45, 7) is 0. The predicted molar refractivity (Wildman–Crippen MR) is 59.8 cm³/mol. The molecule has 7 heteroatoms. The lowest BCUT2D eigenvalue weighted by Gasteiger charge is -2.12. The molecule has 0 amide bonds. The second kappa shape index (κ2) is 5.12. The van der Waals surface area contributed by atoms with Crippen LogP contribution in [0.15, 0.2) is 12.4 Å². The Morgan fingerprint density at radius 3 is 3.12 bits per heavy atom. The van der Waals surface area contributed by atoms with Crippen LogP contribution in [0.25, 0.3) is 0 Å². The van der Waals surface area contributed by atoms with Crippen molar-refractivity contribution in [1.82, 2.24) is 14.3 Å². The molecule has 6 nitrogen and oxygen atoms in total. The van der Waals surface area contributed by atoms with E-state index in [1.807, 2.05) is 17.4 Å². The standard InChI is InChI=1S/C9H11N5OS/c1-14(8-2-3-8)16-15-13-9-4-7(5-10)11-6-12-9/h4,6,8H,2-3H2,1H3,(H,11,12,13). The van der Waals surface area contributed by atoms with Crippen LogP contribution in [0.4, 0.5) is 5.82 Å². The van der Waals surface area contributed by atoms with Crippen molar-refractivity contribution in [3.05, 3.63) is 18.1 Å². The first kappa shape index (κ1) is 11.1. The lowest BCUT2D eigenvalue weighted by Crippen LogP contribution is -2.13. The number of anilines is 1. The van der Waals surface area contributed by atoms with E-state index >= 15 is 0 Å². The summed E-state index contributed by atoms with van der Waals surface area (Å²) in [4.78, 5) is 7.67. The van der Waals surface area contributed by atoms with E-state index in [2.05, 4.69) is 15.4 Å². The average molecular weight is 237 g/mol. The second-order valence-corrected chi connectivity index (χ2v) is 4.33. The molecule has 0 radical (unpaired) electrons. The zero-order valence-corrected chi connectivity index (χ0v) is 9.57. The fourth-order valence-electron chi connectivity index (χ4n) is 1.09. The quantitative estimate of drug-likeness (QED) is 0.470. The van der Waals surface area contributed by atoms with E-state index in [0.29, 0.717) is 17.6 Å². The molecular formula is C9H11N5OS. The number of hydrogen-bond acceptors (Lipinski definition) is 7. The van der Waals surface area contributed by atoms with Gasteiger partial charge in [0.2, 0.25) is 0 Å². The van der Waals surface area contributed by atoms with Crippen LogP contribution in [0.3, 0.4) is 0 Å². The molecular weight excluding hydrogens is 226 g/mol. The van der Waals surface area contributed by atoms with E-state index < -0.39 is 0 Å². The minimum Gasteiger partial charge on any atom is -0.234 e. The number of nitrogens with zero attached hydrogens (tertiary/aromatic N) is 4. The van der Waals surface area contributed by atoms with Crippen LogP contribution < -0.4 is 5.48 Å². The topological polar surface area (TPSA) is 74.1 Å². The Balaban J connectivity index is 1.78. The summed E-state index contributed by atoms with van der Waals surface area (Å²) < 4.78 is 7.22. The van der Waals surface area contributed by atoms with Crippen molar-refractivity contribution in [3.8, 4) is 6.07 Å². The van der Waals surface area contributed by atoms with Gasteiger partial charge in [-0.05, 0) is 19.9 Å². The number of nitrogens with one attached hydrogen (secondary N) is 1. The van der Waals surface area contributed by atoms with Crippen molar-refractivity contribution in [3.63, 3.8) is 0 Å². The fourth-order valence-corrected chi connectivity index (χ4v) is 1.67. The molecule has 2 rings (SSSR count). The van der Waals surface area contributed by atoms with E-state index in [9.17, 15) is 0 Å². The summed E-state index contributed by atoms with van der Waals surface area (Å²) in [7, 11) is 1.98. The molecule has 84 valence electrons. The van der Waals surface area contributed by atoms with E-state index in [0.717, 1.165) is 0 Å². The molecule has 0 unspecified atom stereocenters. The lowest BCUT2D eigenvalue weighted by molar-refractivity contribution is 0.421. The lowest BCUT2D eigenvalue weighted by atomic mass is 10.4. The molecule has 1 saturated carbocycles. The predicted octanol–water partition coefficient (Wildman–Crippen LogP) is 1.35. The number of aromatic nitrogens is 2. The van der Waals surface area contributed by atoms with Crippen LogP contribution in [0, 0.1) is 11.3 Å². The van der Waals surface area contributed by atoms with Crippen LogP contribution in [-0.2, 0) is 4.28 Å². The molecule has 1 fully saturated rings. The molecule has 1 heterocycles.